The van der Waals surface area contributed by atoms with Crippen LogP contribution in [0.4, 0.5) is 4.39 Å². The Hall–Kier alpha value is -0.960. The minimum atomic E-state index is -0.909. The molecule has 1 heterocycles. The summed E-state index contributed by atoms with van der Waals surface area (Å²) in [6.45, 7) is 1.83. The number of aliphatic hydroxyl groups is 1. The van der Waals surface area contributed by atoms with Crippen LogP contribution in [0.1, 0.15) is 38.3 Å². The predicted molar refractivity (Wildman–Crippen MR) is 62.7 cm³/mol. The highest BCUT2D eigenvalue weighted by molar-refractivity contribution is 5.16. The lowest BCUT2D eigenvalue weighted by Gasteiger charge is -2.35. The molecule has 0 spiro atoms. The van der Waals surface area contributed by atoms with Gasteiger partial charge in [-0.3, -0.25) is 4.98 Å². The molecule has 92 valence electrons. The normalized spacial score (nSPS) is 34.9. The molecule has 2 saturated carbocycles. The van der Waals surface area contributed by atoms with E-state index in [1.54, 1.807) is 6.07 Å². The summed E-state index contributed by atoms with van der Waals surface area (Å²) in [4.78, 5) is 4.05. The molecule has 0 aromatic carbocycles. The maximum absolute atomic E-state index is 12.9. The van der Waals surface area contributed by atoms with Gasteiger partial charge in [0.05, 0.1) is 11.9 Å². The van der Waals surface area contributed by atoms with E-state index in [4.69, 9.17) is 0 Å². The molecule has 17 heavy (non-hydrogen) atoms. The first kappa shape index (κ1) is 11.1. The summed E-state index contributed by atoms with van der Waals surface area (Å²) in [5, 5.41) is 10.7. The Kier molecular flexibility index (Phi) is 2.47. The van der Waals surface area contributed by atoms with Gasteiger partial charge < -0.3 is 5.11 Å². The second-order valence-corrected chi connectivity index (χ2v) is 5.79. The number of nitrogens with zero attached hydrogens (tertiary/aromatic N) is 1. The molecule has 3 rings (SSSR count). The summed E-state index contributed by atoms with van der Waals surface area (Å²) in [5.41, 5.74) is -0.301. The third-order valence-electron chi connectivity index (χ3n) is 4.71. The standard InChI is InChI=1S/C14H18FNO/c1-14(17,13-5-4-11(15)8-16-13)12-7-9-2-3-10(12)6-9/h4-5,8-10,12,17H,2-3,6-7H2,1H3. The Bertz CT molecular complexity index is 415. The molecule has 0 amide bonds. The van der Waals surface area contributed by atoms with E-state index in [-0.39, 0.29) is 5.82 Å². The van der Waals surface area contributed by atoms with Crippen molar-refractivity contribution in [2.24, 2.45) is 17.8 Å². The molecule has 2 aliphatic carbocycles. The molecule has 4 unspecified atom stereocenters. The molecule has 2 bridgehead atoms. The van der Waals surface area contributed by atoms with Gasteiger partial charge in [-0.15, -0.1) is 0 Å². The molecule has 2 nitrogen and oxygen atoms in total. The summed E-state index contributed by atoms with van der Waals surface area (Å²) in [7, 11) is 0. The topological polar surface area (TPSA) is 33.1 Å². The van der Waals surface area contributed by atoms with Gasteiger partial charge in [-0.25, -0.2) is 4.39 Å². The van der Waals surface area contributed by atoms with Gasteiger partial charge in [0.1, 0.15) is 11.4 Å². The molecule has 2 fully saturated rings. The summed E-state index contributed by atoms with van der Waals surface area (Å²) in [6, 6.07) is 2.99. The van der Waals surface area contributed by atoms with Crippen LogP contribution >= 0.6 is 0 Å². The van der Waals surface area contributed by atoms with E-state index in [1.165, 1.54) is 31.5 Å². The summed E-state index contributed by atoms with van der Waals surface area (Å²) in [5.74, 6) is 1.36. The fourth-order valence-electron chi connectivity index (χ4n) is 3.80. The van der Waals surface area contributed by atoms with E-state index >= 15 is 0 Å². The molecule has 2 aliphatic rings. The quantitative estimate of drug-likeness (QED) is 0.855. The summed E-state index contributed by atoms with van der Waals surface area (Å²) >= 11 is 0. The highest BCUT2D eigenvalue weighted by Gasteiger charge is 2.48. The molecular weight excluding hydrogens is 217 g/mol. The van der Waals surface area contributed by atoms with Crippen molar-refractivity contribution < 1.29 is 9.50 Å². The molecular formula is C14H18FNO. The van der Waals surface area contributed by atoms with E-state index in [9.17, 15) is 9.50 Å². The molecule has 1 N–H and O–H groups in total. The maximum atomic E-state index is 12.9. The Morgan fingerprint density at radius 3 is 2.71 bits per heavy atom. The molecule has 1 aromatic rings. The van der Waals surface area contributed by atoms with E-state index in [1.807, 2.05) is 6.92 Å². The lowest BCUT2D eigenvalue weighted by Crippen LogP contribution is -2.36. The zero-order valence-electron chi connectivity index (χ0n) is 10.1. The summed E-state index contributed by atoms with van der Waals surface area (Å²) < 4.78 is 12.9. The number of rotatable bonds is 2. The number of hydrogen-bond donors (Lipinski definition) is 1. The van der Waals surface area contributed by atoms with Gasteiger partial charge in [0.15, 0.2) is 0 Å². The van der Waals surface area contributed by atoms with Crippen LogP contribution in [-0.2, 0) is 5.60 Å². The molecule has 1 aromatic heterocycles. The second-order valence-electron chi connectivity index (χ2n) is 5.79. The first-order valence-electron chi connectivity index (χ1n) is 6.42. The Morgan fingerprint density at radius 1 is 1.35 bits per heavy atom. The zero-order valence-corrected chi connectivity index (χ0v) is 10.1. The Balaban J connectivity index is 1.87. The van der Waals surface area contributed by atoms with Crippen molar-refractivity contribution in [2.45, 2.75) is 38.2 Å². The monoisotopic (exact) mass is 235 g/mol. The Morgan fingerprint density at radius 2 is 2.18 bits per heavy atom. The number of aromatic nitrogens is 1. The third-order valence-corrected chi connectivity index (χ3v) is 4.71. The highest BCUT2D eigenvalue weighted by atomic mass is 19.1. The largest absolute Gasteiger partial charge is 0.384 e. The van der Waals surface area contributed by atoms with Crippen molar-refractivity contribution in [1.29, 1.82) is 0 Å². The van der Waals surface area contributed by atoms with Crippen LogP contribution in [0.25, 0.3) is 0 Å². The van der Waals surface area contributed by atoms with Gasteiger partial charge in [0.25, 0.3) is 0 Å². The van der Waals surface area contributed by atoms with Crippen LogP contribution in [0.3, 0.4) is 0 Å². The molecule has 3 heteroatoms. The van der Waals surface area contributed by atoms with E-state index < -0.39 is 5.60 Å². The molecule has 0 radical (unpaired) electrons. The number of pyridine rings is 1. The van der Waals surface area contributed by atoms with Crippen LogP contribution in [-0.4, -0.2) is 10.1 Å². The minimum Gasteiger partial charge on any atom is -0.384 e. The van der Waals surface area contributed by atoms with E-state index in [0.717, 1.165) is 12.3 Å². The van der Waals surface area contributed by atoms with Crippen LogP contribution in [0.5, 0.6) is 0 Å². The predicted octanol–water partition coefficient (Wildman–Crippen LogP) is 2.86. The van der Waals surface area contributed by atoms with Gasteiger partial charge in [-0.2, -0.15) is 0 Å². The molecule has 0 aliphatic heterocycles. The van der Waals surface area contributed by atoms with Gasteiger partial charge in [-0.05, 0) is 56.1 Å². The van der Waals surface area contributed by atoms with Crippen molar-refractivity contribution in [3.05, 3.63) is 29.8 Å². The SMILES string of the molecule is CC(O)(c1ccc(F)cn1)C1CC2CCC1C2. The lowest BCUT2D eigenvalue weighted by atomic mass is 9.75. The average molecular weight is 235 g/mol. The van der Waals surface area contributed by atoms with Gasteiger partial charge in [0.2, 0.25) is 0 Å². The van der Waals surface area contributed by atoms with Crippen molar-refractivity contribution in [2.75, 3.05) is 0 Å². The zero-order chi connectivity index (χ0) is 12.0. The average Bonchev–Trinajstić information content (AvgIpc) is 2.91. The van der Waals surface area contributed by atoms with Crippen molar-refractivity contribution >= 4 is 0 Å². The maximum Gasteiger partial charge on any atom is 0.141 e. The Labute approximate surface area is 101 Å². The van der Waals surface area contributed by atoms with Gasteiger partial charge in [-0.1, -0.05) is 6.42 Å². The van der Waals surface area contributed by atoms with Crippen molar-refractivity contribution in [1.82, 2.24) is 4.98 Å². The fourth-order valence-corrected chi connectivity index (χ4v) is 3.80. The van der Waals surface area contributed by atoms with Crippen molar-refractivity contribution in [3.63, 3.8) is 0 Å². The number of fused-ring (bicyclic) bond motifs is 2. The van der Waals surface area contributed by atoms with E-state index in [0.29, 0.717) is 17.5 Å². The summed E-state index contributed by atoms with van der Waals surface area (Å²) in [6.07, 6.45) is 6.08. The smallest absolute Gasteiger partial charge is 0.141 e. The molecule has 4 atom stereocenters. The van der Waals surface area contributed by atoms with Crippen LogP contribution in [0, 0.1) is 23.6 Å². The number of halogens is 1. The van der Waals surface area contributed by atoms with E-state index in [2.05, 4.69) is 4.98 Å². The molecule has 0 saturated heterocycles. The first-order chi connectivity index (χ1) is 8.07. The van der Waals surface area contributed by atoms with Gasteiger partial charge in [0, 0.05) is 0 Å². The van der Waals surface area contributed by atoms with Gasteiger partial charge >= 0.3 is 0 Å². The lowest BCUT2D eigenvalue weighted by molar-refractivity contribution is -0.0333. The third kappa shape index (κ3) is 1.77. The van der Waals surface area contributed by atoms with Crippen LogP contribution < -0.4 is 0 Å². The first-order valence-corrected chi connectivity index (χ1v) is 6.42. The van der Waals surface area contributed by atoms with Crippen LogP contribution in [0.15, 0.2) is 18.3 Å². The van der Waals surface area contributed by atoms with Crippen LogP contribution in [0.2, 0.25) is 0 Å². The van der Waals surface area contributed by atoms with Crippen molar-refractivity contribution in [3.8, 4) is 0 Å². The minimum absolute atomic E-state index is 0.291. The highest BCUT2D eigenvalue weighted by Crippen LogP contribution is 2.54. The fraction of sp³-hybridized carbons (Fsp3) is 0.643. The second kappa shape index (κ2) is 3.77. The number of hydrogen-bond acceptors (Lipinski definition) is 2.